The average Bonchev–Trinajstić information content (AvgIpc) is 3.04. The van der Waals surface area contributed by atoms with E-state index >= 15 is 0 Å². The smallest absolute Gasteiger partial charge is 0.328 e. The number of esters is 1. The molecule has 1 unspecified atom stereocenters. The molecular weight excluding hydrogens is 368 g/mol. The van der Waals surface area contributed by atoms with Gasteiger partial charge in [0, 0.05) is 6.20 Å². The Kier molecular flexibility index (Phi) is 5.78. The zero-order chi connectivity index (χ0) is 18.6. The SMILES string of the molecule is CCOC(=O)C(C)(Sc1nc2ccc(OCC)cc2s1)c1ccccn1. The highest BCUT2D eigenvalue weighted by atomic mass is 32.2. The lowest BCUT2D eigenvalue weighted by molar-refractivity contribution is -0.145. The Morgan fingerprint density at radius 2 is 2.08 bits per heavy atom. The molecule has 0 radical (unpaired) electrons. The normalized spacial score (nSPS) is 13.3. The average molecular weight is 389 g/mol. The minimum absolute atomic E-state index is 0.319. The summed E-state index contributed by atoms with van der Waals surface area (Å²) in [6, 6.07) is 11.3. The Labute approximate surface area is 160 Å². The van der Waals surface area contributed by atoms with Crippen LogP contribution in [0.25, 0.3) is 10.2 Å². The molecule has 136 valence electrons. The van der Waals surface area contributed by atoms with Crippen LogP contribution < -0.4 is 4.74 Å². The summed E-state index contributed by atoms with van der Waals surface area (Å²) in [6.45, 7) is 6.52. The zero-order valence-electron chi connectivity index (χ0n) is 14.9. The highest BCUT2D eigenvalue weighted by molar-refractivity contribution is 8.02. The summed E-state index contributed by atoms with van der Waals surface area (Å²) in [6.07, 6.45) is 1.68. The lowest BCUT2D eigenvalue weighted by atomic mass is 10.1. The second kappa shape index (κ2) is 8.05. The van der Waals surface area contributed by atoms with Gasteiger partial charge in [0.15, 0.2) is 9.09 Å². The Balaban J connectivity index is 1.96. The number of aromatic nitrogens is 2. The van der Waals surface area contributed by atoms with Crippen LogP contribution in [0.1, 0.15) is 26.5 Å². The molecule has 0 saturated carbocycles. The number of benzene rings is 1. The maximum absolute atomic E-state index is 12.7. The van der Waals surface area contributed by atoms with Gasteiger partial charge in [0.25, 0.3) is 0 Å². The number of carbonyl (C=O) groups is 1. The molecule has 7 heteroatoms. The van der Waals surface area contributed by atoms with Crippen molar-refractivity contribution in [2.75, 3.05) is 13.2 Å². The van der Waals surface area contributed by atoms with Gasteiger partial charge in [0.2, 0.25) is 0 Å². The number of carbonyl (C=O) groups excluding carboxylic acids is 1. The standard InChI is InChI=1S/C19H20N2O3S2/c1-4-23-13-9-10-14-15(12-13)25-18(21-14)26-19(3,17(22)24-5-2)16-8-6-7-11-20-16/h6-12H,4-5H2,1-3H3. The van der Waals surface area contributed by atoms with Crippen molar-refractivity contribution in [3.05, 3.63) is 48.3 Å². The fourth-order valence-electron chi connectivity index (χ4n) is 2.47. The van der Waals surface area contributed by atoms with Gasteiger partial charge in [-0.1, -0.05) is 17.8 Å². The maximum Gasteiger partial charge on any atom is 0.328 e. The topological polar surface area (TPSA) is 61.3 Å². The summed E-state index contributed by atoms with van der Waals surface area (Å²) in [5.41, 5.74) is 1.53. The molecule has 26 heavy (non-hydrogen) atoms. The number of hydrogen-bond acceptors (Lipinski definition) is 7. The van der Waals surface area contributed by atoms with Crippen LogP contribution in [0.15, 0.2) is 46.9 Å². The van der Waals surface area contributed by atoms with Crippen molar-refractivity contribution < 1.29 is 14.3 Å². The molecule has 1 aromatic carbocycles. The first-order chi connectivity index (χ1) is 12.6. The van der Waals surface area contributed by atoms with Crippen molar-refractivity contribution in [1.82, 2.24) is 9.97 Å². The minimum Gasteiger partial charge on any atom is -0.494 e. The molecule has 0 spiro atoms. The fourth-order valence-corrected chi connectivity index (χ4v) is 4.99. The van der Waals surface area contributed by atoms with E-state index in [4.69, 9.17) is 9.47 Å². The van der Waals surface area contributed by atoms with Crippen LogP contribution in [0, 0.1) is 0 Å². The van der Waals surface area contributed by atoms with Crippen molar-refractivity contribution in [2.45, 2.75) is 29.9 Å². The van der Waals surface area contributed by atoms with Crippen molar-refractivity contribution >= 4 is 39.3 Å². The molecule has 0 N–H and O–H groups in total. The molecule has 0 aliphatic carbocycles. The van der Waals surface area contributed by atoms with E-state index in [1.807, 2.05) is 50.2 Å². The van der Waals surface area contributed by atoms with Crippen molar-refractivity contribution in [3.8, 4) is 5.75 Å². The van der Waals surface area contributed by atoms with Gasteiger partial charge in [-0.2, -0.15) is 0 Å². The quantitative estimate of drug-likeness (QED) is 0.433. The molecule has 0 aliphatic rings. The highest BCUT2D eigenvalue weighted by Crippen LogP contribution is 2.44. The van der Waals surface area contributed by atoms with Crippen LogP contribution >= 0.6 is 23.1 Å². The van der Waals surface area contributed by atoms with E-state index in [1.165, 1.54) is 23.1 Å². The monoisotopic (exact) mass is 388 g/mol. The van der Waals surface area contributed by atoms with E-state index in [1.54, 1.807) is 13.1 Å². The van der Waals surface area contributed by atoms with E-state index in [9.17, 15) is 4.79 Å². The van der Waals surface area contributed by atoms with Crippen LogP contribution in [0.5, 0.6) is 5.75 Å². The molecule has 0 saturated heterocycles. The van der Waals surface area contributed by atoms with E-state index < -0.39 is 4.75 Å². The molecule has 1 atom stereocenters. The summed E-state index contributed by atoms with van der Waals surface area (Å²) in [4.78, 5) is 21.7. The van der Waals surface area contributed by atoms with Crippen LogP contribution in [-0.2, 0) is 14.3 Å². The third-order valence-electron chi connectivity index (χ3n) is 3.76. The number of rotatable bonds is 7. The second-order valence-corrected chi connectivity index (χ2v) is 8.31. The minimum atomic E-state index is -0.964. The third kappa shape index (κ3) is 3.83. The number of ether oxygens (including phenoxy) is 2. The lowest BCUT2D eigenvalue weighted by Crippen LogP contribution is -2.32. The van der Waals surface area contributed by atoms with Gasteiger partial charge >= 0.3 is 5.97 Å². The van der Waals surface area contributed by atoms with Crippen molar-refractivity contribution in [2.24, 2.45) is 0 Å². The fraction of sp³-hybridized carbons (Fsp3) is 0.316. The van der Waals surface area contributed by atoms with E-state index in [-0.39, 0.29) is 5.97 Å². The zero-order valence-corrected chi connectivity index (χ0v) is 16.5. The number of hydrogen-bond donors (Lipinski definition) is 0. The van der Waals surface area contributed by atoms with Crippen LogP contribution in [0.4, 0.5) is 0 Å². The molecule has 0 bridgehead atoms. The van der Waals surface area contributed by atoms with Gasteiger partial charge in [-0.05, 0) is 51.1 Å². The lowest BCUT2D eigenvalue weighted by Gasteiger charge is -2.24. The van der Waals surface area contributed by atoms with E-state index in [0.717, 1.165) is 20.3 Å². The van der Waals surface area contributed by atoms with Crippen molar-refractivity contribution in [1.29, 1.82) is 0 Å². The molecule has 0 aliphatic heterocycles. The predicted molar refractivity (Wildman–Crippen MR) is 105 cm³/mol. The first-order valence-electron chi connectivity index (χ1n) is 8.38. The van der Waals surface area contributed by atoms with Gasteiger partial charge in [-0.25, -0.2) is 4.98 Å². The van der Waals surface area contributed by atoms with Gasteiger partial charge in [-0.3, -0.25) is 9.78 Å². The number of nitrogens with zero attached hydrogens (tertiary/aromatic N) is 2. The second-order valence-electron chi connectivity index (χ2n) is 5.61. The Hall–Kier alpha value is -2.12. The largest absolute Gasteiger partial charge is 0.494 e. The van der Waals surface area contributed by atoms with Crippen LogP contribution in [0.2, 0.25) is 0 Å². The number of thiazole rings is 1. The summed E-state index contributed by atoms with van der Waals surface area (Å²) < 4.78 is 11.7. The molecule has 3 rings (SSSR count). The van der Waals surface area contributed by atoms with Crippen LogP contribution in [-0.4, -0.2) is 29.2 Å². The predicted octanol–water partition coefficient (Wildman–Crippen LogP) is 4.66. The number of fused-ring (bicyclic) bond motifs is 1. The third-order valence-corrected chi connectivity index (χ3v) is 6.12. The van der Waals surface area contributed by atoms with Crippen LogP contribution in [0.3, 0.4) is 0 Å². The Bertz CT molecular complexity index is 898. The summed E-state index contributed by atoms with van der Waals surface area (Å²) in [7, 11) is 0. The Morgan fingerprint density at radius 1 is 1.23 bits per heavy atom. The first kappa shape index (κ1) is 18.7. The summed E-state index contributed by atoms with van der Waals surface area (Å²) >= 11 is 2.90. The molecule has 2 aromatic heterocycles. The molecule has 3 aromatic rings. The maximum atomic E-state index is 12.7. The number of thioether (sulfide) groups is 1. The summed E-state index contributed by atoms with van der Waals surface area (Å²) in [5, 5.41) is 0. The molecule has 5 nitrogen and oxygen atoms in total. The Morgan fingerprint density at radius 3 is 2.77 bits per heavy atom. The molecule has 0 amide bonds. The van der Waals surface area contributed by atoms with E-state index in [2.05, 4.69) is 9.97 Å². The van der Waals surface area contributed by atoms with Gasteiger partial charge in [-0.15, -0.1) is 11.3 Å². The molecule has 2 heterocycles. The highest BCUT2D eigenvalue weighted by Gasteiger charge is 2.40. The van der Waals surface area contributed by atoms with Crippen molar-refractivity contribution in [3.63, 3.8) is 0 Å². The molecule has 0 fully saturated rings. The molecular formula is C19H20N2O3S2. The van der Waals surface area contributed by atoms with Gasteiger partial charge in [0.1, 0.15) is 5.75 Å². The van der Waals surface area contributed by atoms with Gasteiger partial charge < -0.3 is 9.47 Å². The first-order valence-corrected chi connectivity index (χ1v) is 10.0. The number of pyridine rings is 1. The van der Waals surface area contributed by atoms with E-state index in [0.29, 0.717) is 18.9 Å². The summed E-state index contributed by atoms with van der Waals surface area (Å²) in [5.74, 6) is 0.496. The van der Waals surface area contributed by atoms with Gasteiger partial charge in [0.05, 0.1) is 29.1 Å².